The lowest BCUT2D eigenvalue weighted by Crippen LogP contribution is -2.30. The van der Waals surface area contributed by atoms with Crippen molar-refractivity contribution >= 4 is 24.0 Å². The molecule has 0 fully saturated rings. The maximum Gasteiger partial charge on any atom is 0.253 e. The molecule has 2 heterocycles. The molecule has 5 nitrogen and oxygen atoms in total. The minimum Gasteiger partial charge on any atom is -0.493 e. The van der Waals surface area contributed by atoms with Crippen LogP contribution in [-0.4, -0.2) is 48.9 Å². The molecule has 0 bridgehead atoms. The number of ether oxygens (including phenoxy) is 2. The monoisotopic (exact) mass is 442 g/mol. The Morgan fingerprint density at radius 1 is 1.10 bits per heavy atom. The topological polar surface area (TPSA) is 51.1 Å². The van der Waals surface area contributed by atoms with Crippen LogP contribution in [0.2, 0.25) is 0 Å². The van der Waals surface area contributed by atoms with Gasteiger partial charge in [0.15, 0.2) is 11.5 Å². The third-order valence-electron chi connectivity index (χ3n) is 5.71. The van der Waals surface area contributed by atoms with Crippen molar-refractivity contribution in [3.63, 3.8) is 0 Å². The highest BCUT2D eigenvalue weighted by Gasteiger charge is 2.39. The van der Waals surface area contributed by atoms with Gasteiger partial charge in [-0.3, -0.25) is 9.79 Å². The van der Waals surface area contributed by atoms with Gasteiger partial charge in [-0.15, -0.1) is 12.4 Å². The smallest absolute Gasteiger partial charge is 0.253 e. The van der Waals surface area contributed by atoms with Crippen molar-refractivity contribution < 1.29 is 14.3 Å². The number of benzene rings is 2. The number of nitrogens with zero attached hydrogens (tertiary/aromatic N) is 2. The maximum atomic E-state index is 12.3. The van der Waals surface area contributed by atoms with Gasteiger partial charge in [-0.1, -0.05) is 12.1 Å². The van der Waals surface area contributed by atoms with E-state index in [1.54, 1.807) is 26.1 Å². The molecule has 0 aromatic heterocycles. The summed E-state index contributed by atoms with van der Waals surface area (Å²) in [5.74, 6) is 1.61. The Morgan fingerprint density at radius 3 is 2.32 bits per heavy atom. The predicted molar refractivity (Wildman–Crippen MR) is 127 cm³/mol. The lowest BCUT2D eigenvalue weighted by atomic mass is 9.81. The van der Waals surface area contributed by atoms with Crippen molar-refractivity contribution in [3.05, 3.63) is 58.1 Å². The summed E-state index contributed by atoms with van der Waals surface area (Å²) in [6.07, 6.45) is 1.64. The number of methoxy groups -OCH3 is 1. The van der Waals surface area contributed by atoms with E-state index in [-0.39, 0.29) is 29.5 Å². The van der Waals surface area contributed by atoms with E-state index in [4.69, 9.17) is 14.5 Å². The van der Waals surface area contributed by atoms with Crippen LogP contribution in [0.5, 0.6) is 11.5 Å². The first kappa shape index (κ1) is 23.1. The molecule has 6 heteroatoms. The van der Waals surface area contributed by atoms with Crippen molar-refractivity contribution in [1.82, 2.24) is 4.90 Å². The quantitative estimate of drug-likeness (QED) is 0.692. The fourth-order valence-corrected chi connectivity index (χ4v) is 4.46. The second kappa shape index (κ2) is 7.86. The summed E-state index contributed by atoms with van der Waals surface area (Å²) >= 11 is 0. The number of rotatable bonds is 3. The number of hydrogen-bond donors (Lipinski definition) is 0. The number of carbonyl (C=O) groups excluding carboxylic acids is 1. The van der Waals surface area contributed by atoms with Crippen molar-refractivity contribution in [3.8, 4) is 11.5 Å². The number of aliphatic imine (C=N–C) groups is 1. The molecule has 0 unspecified atom stereocenters. The molecule has 0 aliphatic carbocycles. The van der Waals surface area contributed by atoms with Gasteiger partial charge < -0.3 is 14.4 Å². The average Bonchev–Trinajstić information content (AvgIpc) is 3.00. The van der Waals surface area contributed by atoms with Crippen LogP contribution in [0.15, 0.2) is 35.3 Å². The molecule has 2 aromatic carbocycles. The zero-order valence-electron chi connectivity index (χ0n) is 19.3. The Morgan fingerprint density at radius 2 is 1.74 bits per heavy atom. The number of fused-ring (bicyclic) bond motifs is 3. The molecular weight excluding hydrogens is 412 g/mol. The van der Waals surface area contributed by atoms with Crippen molar-refractivity contribution in [1.29, 1.82) is 0 Å². The largest absolute Gasteiger partial charge is 0.493 e. The number of hydrogen-bond acceptors (Lipinski definition) is 4. The van der Waals surface area contributed by atoms with E-state index < -0.39 is 0 Å². The number of carbonyl (C=O) groups is 1. The van der Waals surface area contributed by atoms with Crippen LogP contribution >= 0.6 is 12.4 Å². The normalized spacial score (nSPS) is 17.5. The summed E-state index contributed by atoms with van der Waals surface area (Å²) < 4.78 is 11.9. The van der Waals surface area contributed by atoms with Crippen molar-refractivity contribution in [2.24, 2.45) is 4.99 Å². The lowest BCUT2D eigenvalue weighted by molar-refractivity contribution is 0.0827. The first-order valence-corrected chi connectivity index (χ1v) is 10.4. The van der Waals surface area contributed by atoms with E-state index in [0.29, 0.717) is 5.56 Å². The Balaban J connectivity index is 0.00000272. The van der Waals surface area contributed by atoms with E-state index >= 15 is 0 Å². The number of amides is 1. The molecule has 2 aliphatic rings. The van der Waals surface area contributed by atoms with Gasteiger partial charge in [0.25, 0.3) is 5.91 Å². The van der Waals surface area contributed by atoms with Gasteiger partial charge in [0.1, 0.15) is 5.60 Å². The summed E-state index contributed by atoms with van der Waals surface area (Å²) in [5, 5.41) is 0. The van der Waals surface area contributed by atoms with E-state index in [9.17, 15) is 4.79 Å². The van der Waals surface area contributed by atoms with Crippen LogP contribution in [0.25, 0.3) is 0 Å². The summed E-state index contributed by atoms with van der Waals surface area (Å²) in [4.78, 5) is 19.0. The van der Waals surface area contributed by atoms with Crippen LogP contribution in [-0.2, 0) is 12.8 Å². The third kappa shape index (κ3) is 4.16. The highest BCUT2D eigenvalue weighted by molar-refractivity contribution is 6.16. The van der Waals surface area contributed by atoms with Crippen LogP contribution in [0.4, 0.5) is 0 Å². The van der Waals surface area contributed by atoms with E-state index in [0.717, 1.165) is 46.7 Å². The van der Waals surface area contributed by atoms with Gasteiger partial charge in [0, 0.05) is 42.8 Å². The Labute approximate surface area is 190 Å². The van der Waals surface area contributed by atoms with Crippen molar-refractivity contribution in [2.75, 3.05) is 21.2 Å². The minimum atomic E-state index is -0.287. The first-order chi connectivity index (χ1) is 14.0. The molecule has 0 saturated carbocycles. The lowest BCUT2D eigenvalue weighted by Gasteiger charge is -2.31. The zero-order chi connectivity index (χ0) is 21.8. The molecule has 31 heavy (non-hydrogen) atoms. The molecular formula is C25H31ClN2O3. The van der Waals surface area contributed by atoms with E-state index in [1.165, 1.54) is 5.56 Å². The average molecular weight is 443 g/mol. The summed E-state index contributed by atoms with van der Waals surface area (Å²) in [7, 11) is 5.22. The van der Waals surface area contributed by atoms with E-state index in [2.05, 4.69) is 33.8 Å². The fraction of sp³-hybridized carbons (Fsp3) is 0.440. The van der Waals surface area contributed by atoms with Gasteiger partial charge >= 0.3 is 0 Å². The van der Waals surface area contributed by atoms with Gasteiger partial charge in [-0.2, -0.15) is 0 Å². The predicted octanol–water partition coefficient (Wildman–Crippen LogP) is 4.70. The summed E-state index contributed by atoms with van der Waals surface area (Å²) in [6, 6.07) is 9.86. The zero-order valence-corrected chi connectivity index (χ0v) is 20.1. The van der Waals surface area contributed by atoms with Gasteiger partial charge in [0.2, 0.25) is 0 Å². The number of halogens is 1. The van der Waals surface area contributed by atoms with Gasteiger partial charge in [0.05, 0.1) is 18.4 Å². The second-order valence-electron chi connectivity index (χ2n) is 9.69. The third-order valence-corrected chi connectivity index (χ3v) is 5.71. The van der Waals surface area contributed by atoms with Crippen LogP contribution in [0, 0.1) is 0 Å². The molecule has 2 aliphatic heterocycles. The molecule has 0 radical (unpaired) electrons. The van der Waals surface area contributed by atoms with Gasteiger partial charge in [-0.25, -0.2) is 0 Å². The molecule has 0 saturated heterocycles. The Kier molecular flexibility index (Phi) is 5.87. The van der Waals surface area contributed by atoms with Crippen LogP contribution in [0.1, 0.15) is 60.3 Å². The summed E-state index contributed by atoms with van der Waals surface area (Å²) in [5.41, 5.74) is 5.68. The SMILES string of the molecule is COc1cc2c(c3c1OC(C)(C)C3)C(c1ccc(C(=O)N(C)C)cc1)=NC(C)(C)C2.Cl. The fourth-order valence-electron chi connectivity index (χ4n) is 4.46. The molecule has 4 rings (SSSR count). The highest BCUT2D eigenvalue weighted by atomic mass is 35.5. The van der Waals surface area contributed by atoms with E-state index in [1.807, 2.05) is 24.3 Å². The second-order valence-corrected chi connectivity index (χ2v) is 9.69. The summed E-state index contributed by atoms with van der Waals surface area (Å²) in [6.45, 7) is 8.51. The molecule has 1 amide bonds. The standard InChI is InChI=1S/C25H30N2O3.ClH/c1-24(2)13-17-12-19(29-7)22-18(14-25(3,4)30-22)20(17)21(26-24)15-8-10-16(11-9-15)23(28)27(5)6;/h8-12H,13-14H2,1-7H3;1H. The molecule has 0 atom stereocenters. The van der Waals surface area contributed by atoms with Crippen LogP contribution < -0.4 is 9.47 Å². The minimum absolute atomic E-state index is 0. The highest BCUT2D eigenvalue weighted by Crippen LogP contribution is 2.47. The molecule has 0 N–H and O–H groups in total. The maximum absolute atomic E-state index is 12.3. The molecule has 2 aromatic rings. The van der Waals surface area contributed by atoms with Crippen LogP contribution in [0.3, 0.4) is 0 Å². The molecule has 0 spiro atoms. The Hall–Kier alpha value is -2.53. The first-order valence-electron chi connectivity index (χ1n) is 10.4. The van der Waals surface area contributed by atoms with Crippen molar-refractivity contribution in [2.45, 2.75) is 51.7 Å². The Bertz CT molecular complexity index is 1050. The van der Waals surface area contributed by atoms with Gasteiger partial charge in [-0.05, 0) is 57.9 Å². The molecule has 166 valence electrons.